The number of carbonyl (C=O) groups is 2. The third-order valence-electron chi connectivity index (χ3n) is 3.59. The van der Waals surface area contributed by atoms with Gasteiger partial charge in [-0.2, -0.15) is 0 Å². The van der Waals surface area contributed by atoms with Gasteiger partial charge in [-0.15, -0.1) is 0 Å². The Labute approximate surface area is 115 Å². The Morgan fingerprint density at radius 2 is 1.95 bits per heavy atom. The van der Waals surface area contributed by atoms with Crippen LogP contribution in [0.4, 0.5) is 0 Å². The largest absolute Gasteiger partial charge is 0.347 e. The van der Waals surface area contributed by atoms with E-state index in [0.717, 1.165) is 13.1 Å². The van der Waals surface area contributed by atoms with Gasteiger partial charge in [0.05, 0.1) is 6.54 Å². The number of piperazine rings is 1. The van der Waals surface area contributed by atoms with Gasteiger partial charge in [0.25, 0.3) is 0 Å². The Bertz CT molecular complexity index is 331. The summed E-state index contributed by atoms with van der Waals surface area (Å²) in [5, 5.41) is 3.21. The molecule has 0 aromatic rings. The van der Waals surface area contributed by atoms with Crippen LogP contribution >= 0.6 is 0 Å². The summed E-state index contributed by atoms with van der Waals surface area (Å²) in [5.41, 5.74) is 0. The first kappa shape index (κ1) is 15.9. The van der Waals surface area contributed by atoms with Crippen molar-refractivity contribution < 1.29 is 9.59 Å². The van der Waals surface area contributed by atoms with Crippen LogP contribution in [0, 0.1) is 0 Å². The SMILES string of the molecule is CC(C)N(C)C(=O)CN1CCNCC1C(=O)N(C)C. The van der Waals surface area contributed by atoms with Gasteiger partial charge >= 0.3 is 0 Å². The number of hydrogen-bond donors (Lipinski definition) is 1. The highest BCUT2D eigenvalue weighted by molar-refractivity contribution is 5.83. The summed E-state index contributed by atoms with van der Waals surface area (Å²) in [7, 11) is 5.30. The Hall–Kier alpha value is -1.14. The molecule has 0 bridgehead atoms. The van der Waals surface area contributed by atoms with Crippen LogP contribution in [0.1, 0.15) is 13.8 Å². The molecule has 1 atom stereocenters. The third-order valence-corrected chi connectivity index (χ3v) is 3.59. The maximum atomic E-state index is 12.1. The van der Waals surface area contributed by atoms with Crippen LogP contribution in [0.5, 0.6) is 0 Å². The van der Waals surface area contributed by atoms with Gasteiger partial charge in [-0.3, -0.25) is 14.5 Å². The Balaban J connectivity index is 2.68. The fourth-order valence-electron chi connectivity index (χ4n) is 2.05. The minimum absolute atomic E-state index is 0.0483. The predicted molar refractivity (Wildman–Crippen MR) is 74.8 cm³/mol. The van der Waals surface area contributed by atoms with E-state index >= 15 is 0 Å². The van der Waals surface area contributed by atoms with Crippen LogP contribution in [-0.2, 0) is 9.59 Å². The molecular formula is C13H26N4O2. The molecule has 1 heterocycles. The zero-order valence-corrected chi connectivity index (χ0v) is 12.6. The molecule has 0 radical (unpaired) electrons. The summed E-state index contributed by atoms with van der Waals surface area (Å²) in [6.45, 7) is 6.42. The molecule has 110 valence electrons. The van der Waals surface area contributed by atoms with Gasteiger partial charge < -0.3 is 15.1 Å². The molecule has 1 saturated heterocycles. The van der Waals surface area contributed by atoms with Crippen molar-refractivity contribution in [1.82, 2.24) is 20.0 Å². The van der Waals surface area contributed by atoms with Crippen molar-refractivity contribution in [3.05, 3.63) is 0 Å². The van der Waals surface area contributed by atoms with Crippen molar-refractivity contribution in [3.63, 3.8) is 0 Å². The molecule has 6 heteroatoms. The van der Waals surface area contributed by atoms with Crippen LogP contribution in [0.3, 0.4) is 0 Å². The summed E-state index contributed by atoms with van der Waals surface area (Å²) in [6.07, 6.45) is 0. The zero-order valence-electron chi connectivity index (χ0n) is 12.6. The van der Waals surface area contributed by atoms with E-state index in [1.165, 1.54) is 0 Å². The van der Waals surface area contributed by atoms with Crippen LogP contribution < -0.4 is 5.32 Å². The van der Waals surface area contributed by atoms with Gasteiger partial charge in [0.15, 0.2) is 0 Å². The van der Waals surface area contributed by atoms with Gasteiger partial charge in [-0.1, -0.05) is 0 Å². The number of likely N-dealkylation sites (N-methyl/N-ethyl adjacent to an activating group) is 2. The highest BCUT2D eigenvalue weighted by atomic mass is 16.2. The Kier molecular flexibility index (Phi) is 5.75. The third kappa shape index (κ3) is 4.18. The fourth-order valence-corrected chi connectivity index (χ4v) is 2.05. The van der Waals surface area contributed by atoms with Crippen molar-refractivity contribution >= 4 is 11.8 Å². The number of carbonyl (C=O) groups excluding carboxylic acids is 2. The van der Waals surface area contributed by atoms with E-state index in [-0.39, 0.29) is 23.9 Å². The lowest BCUT2D eigenvalue weighted by Gasteiger charge is -2.37. The molecule has 2 amide bonds. The second kappa shape index (κ2) is 6.86. The second-order valence-electron chi connectivity index (χ2n) is 5.52. The van der Waals surface area contributed by atoms with Gasteiger partial charge in [0.2, 0.25) is 11.8 Å². The van der Waals surface area contributed by atoms with Crippen LogP contribution in [0.2, 0.25) is 0 Å². The first-order chi connectivity index (χ1) is 8.84. The molecular weight excluding hydrogens is 244 g/mol. The molecule has 1 N–H and O–H groups in total. The molecule has 0 saturated carbocycles. The molecule has 0 aromatic carbocycles. The number of hydrogen-bond acceptors (Lipinski definition) is 4. The summed E-state index contributed by atoms with van der Waals surface area (Å²) in [6, 6.07) is -0.0633. The predicted octanol–water partition coefficient (Wildman–Crippen LogP) is -0.785. The first-order valence-electron chi connectivity index (χ1n) is 6.76. The highest BCUT2D eigenvalue weighted by Gasteiger charge is 2.31. The molecule has 0 aliphatic carbocycles. The van der Waals surface area contributed by atoms with Crippen molar-refractivity contribution in [1.29, 1.82) is 0 Å². The van der Waals surface area contributed by atoms with E-state index in [4.69, 9.17) is 0 Å². The molecule has 1 aliphatic rings. The van der Waals surface area contributed by atoms with Gasteiger partial charge in [-0.05, 0) is 13.8 Å². The molecule has 19 heavy (non-hydrogen) atoms. The van der Waals surface area contributed by atoms with Crippen molar-refractivity contribution in [2.45, 2.75) is 25.9 Å². The van der Waals surface area contributed by atoms with E-state index in [1.54, 1.807) is 30.9 Å². The lowest BCUT2D eigenvalue weighted by molar-refractivity contribution is -0.139. The lowest BCUT2D eigenvalue weighted by atomic mass is 10.1. The fraction of sp³-hybridized carbons (Fsp3) is 0.846. The van der Waals surface area contributed by atoms with E-state index in [2.05, 4.69) is 5.32 Å². The zero-order chi connectivity index (χ0) is 14.6. The average molecular weight is 270 g/mol. The Morgan fingerprint density at radius 3 is 2.47 bits per heavy atom. The molecule has 1 rings (SSSR count). The Morgan fingerprint density at radius 1 is 1.32 bits per heavy atom. The lowest BCUT2D eigenvalue weighted by Crippen LogP contribution is -2.59. The number of nitrogens with zero attached hydrogens (tertiary/aromatic N) is 3. The maximum absolute atomic E-state index is 12.1. The van der Waals surface area contributed by atoms with Crippen molar-refractivity contribution in [3.8, 4) is 0 Å². The quantitative estimate of drug-likeness (QED) is 0.728. The topological polar surface area (TPSA) is 55.9 Å². The summed E-state index contributed by atoms with van der Waals surface area (Å²) in [4.78, 5) is 29.5. The smallest absolute Gasteiger partial charge is 0.240 e. The number of amides is 2. The van der Waals surface area contributed by atoms with Gasteiger partial charge in [0.1, 0.15) is 6.04 Å². The van der Waals surface area contributed by atoms with Gasteiger partial charge in [0, 0.05) is 46.8 Å². The van der Waals surface area contributed by atoms with Gasteiger partial charge in [-0.25, -0.2) is 0 Å². The summed E-state index contributed by atoms with van der Waals surface area (Å²) in [5.74, 6) is 0.112. The van der Waals surface area contributed by atoms with E-state index in [1.807, 2.05) is 18.7 Å². The average Bonchev–Trinajstić information content (AvgIpc) is 2.37. The normalized spacial score (nSPS) is 20.4. The maximum Gasteiger partial charge on any atom is 0.240 e. The summed E-state index contributed by atoms with van der Waals surface area (Å²) >= 11 is 0. The molecule has 0 aromatic heterocycles. The molecule has 6 nitrogen and oxygen atoms in total. The monoisotopic (exact) mass is 270 g/mol. The van der Waals surface area contributed by atoms with E-state index < -0.39 is 0 Å². The minimum Gasteiger partial charge on any atom is -0.347 e. The van der Waals surface area contributed by atoms with E-state index in [0.29, 0.717) is 13.1 Å². The minimum atomic E-state index is -0.242. The number of nitrogens with one attached hydrogen (secondary N) is 1. The van der Waals surface area contributed by atoms with Crippen molar-refractivity contribution in [2.75, 3.05) is 47.3 Å². The standard InChI is InChI=1S/C13H26N4O2/c1-10(2)16(5)12(18)9-17-7-6-14-8-11(17)13(19)15(3)4/h10-11,14H,6-9H2,1-5H3. The highest BCUT2D eigenvalue weighted by Crippen LogP contribution is 2.07. The van der Waals surface area contributed by atoms with Crippen molar-refractivity contribution in [2.24, 2.45) is 0 Å². The van der Waals surface area contributed by atoms with Crippen LogP contribution in [0.25, 0.3) is 0 Å². The first-order valence-corrected chi connectivity index (χ1v) is 6.76. The van der Waals surface area contributed by atoms with Crippen LogP contribution in [0.15, 0.2) is 0 Å². The molecule has 1 unspecified atom stereocenters. The van der Waals surface area contributed by atoms with Crippen LogP contribution in [-0.4, -0.2) is 85.9 Å². The number of rotatable bonds is 4. The molecule has 1 fully saturated rings. The summed E-state index contributed by atoms with van der Waals surface area (Å²) < 4.78 is 0. The molecule has 1 aliphatic heterocycles. The molecule has 0 spiro atoms. The van der Waals surface area contributed by atoms with E-state index in [9.17, 15) is 9.59 Å². The second-order valence-corrected chi connectivity index (χ2v) is 5.52.